The molecule has 3 rings (SSSR count). The largest absolute Gasteiger partial charge is 0.441 e. The molecule has 2 heterocycles. The van der Waals surface area contributed by atoms with E-state index in [2.05, 4.69) is 12.6 Å². The summed E-state index contributed by atoms with van der Waals surface area (Å²) in [5.74, 6) is -0.550. The summed E-state index contributed by atoms with van der Waals surface area (Å²) >= 11 is 3.74. The monoisotopic (exact) mass is 491 g/mol. The Labute approximate surface area is 191 Å². The van der Waals surface area contributed by atoms with Gasteiger partial charge in [-0.25, -0.2) is 19.4 Å². The van der Waals surface area contributed by atoms with Crippen LogP contribution in [0.1, 0.15) is 13.8 Å². The van der Waals surface area contributed by atoms with Gasteiger partial charge in [0.15, 0.2) is 0 Å². The highest BCUT2D eigenvalue weighted by Crippen LogP contribution is 2.29. The van der Waals surface area contributed by atoms with Gasteiger partial charge in [-0.15, -0.1) is 0 Å². The number of amides is 2. The van der Waals surface area contributed by atoms with Gasteiger partial charge in [-0.3, -0.25) is 14.5 Å². The van der Waals surface area contributed by atoms with Crippen molar-refractivity contribution in [2.24, 2.45) is 5.14 Å². The number of carbonyl (C=O) groups is 2. The molecule has 1 aromatic rings. The molecule has 2 fully saturated rings. The van der Waals surface area contributed by atoms with E-state index >= 15 is 0 Å². The van der Waals surface area contributed by atoms with Crippen LogP contribution in [0.25, 0.3) is 0 Å². The number of hydroxylamine groups is 2. The third kappa shape index (κ3) is 5.61. The van der Waals surface area contributed by atoms with Crippen molar-refractivity contribution in [3.63, 3.8) is 0 Å². The van der Waals surface area contributed by atoms with E-state index in [1.165, 1.54) is 17.0 Å². The summed E-state index contributed by atoms with van der Waals surface area (Å²) in [5.41, 5.74) is 0.614. The van der Waals surface area contributed by atoms with E-state index in [-0.39, 0.29) is 45.4 Å². The lowest BCUT2D eigenvalue weighted by Crippen LogP contribution is -2.50. The molecule has 11 nitrogen and oxygen atoms in total. The number of anilines is 2. The number of thiol groups is 1. The summed E-state index contributed by atoms with van der Waals surface area (Å²) < 4.78 is 44.1. The lowest BCUT2D eigenvalue weighted by Gasteiger charge is -2.34. The summed E-state index contributed by atoms with van der Waals surface area (Å²) in [6.07, 6.45) is -1.30. The van der Waals surface area contributed by atoms with Gasteiger partial charge >= 0.3 is 11.3 Å². The SMILES string of the molecule is CC(C)N(OC[C@@H]1CN(c2ccc(N3CCN(S(N)(=O)=O)CC3)c(F)c2)C(=O)O1)C(=O)S. The third-order valence-electron chi connectivity index (χ3n) is 5.11. The van der Waals surface area contributed by atoms with E-state index in [4.69, 9.17) is 14.7 Å². The van der Waals surface area contributed by atoms with Crippen LogP contribution in [0.4, 0.5) is 25.4 Å². The van der Waals surface area contributed by atoms with Crippen molar-refractivity contribution < 1.29 is 32.0 Å². The summed E-state index contributed by atoms with van der Waals surface area (Å²) in [6.45, 7) is 4.45. The molecule has 1 aromatic carbocycles. The van der Waals surface area contributed by atoms with Crippen LogP contribution in [-0.4, -0.2) is 80.6 Å². The molecule has 0 radical (unpaired) electrons. The summed E-state index contributed by atoms with van der Waals surface area (Å²) in [7, 11) is -3.77. The van der Waals surface area contributed by atoms with Crippen molar-refractivity contribution in [2.75, 3.05) is 49.1 Å². The summed E-state index contributed by atoms with van der Waals surface area (Å²) in [6, 6.07) is 4.10. The van der Waals surface area contributed by atoms with Gasteiger partial charge in [-0.05, 0) is 32.0 Å². The van der Waals surface area contributed by atoms with Crippen molar-refractivity contribution in [1.82, 2.24) is 9.37 Å². The molecule has 2 saturated heterocycles. The van der Waals surface area contributed by atoms with Gasteiger partial charge in [0.2, 0.25) is 0 Å². The van der Waals surface area contributed by atoms with Crippen LogP contribution in [0.5, 0.6) is 0 Å². The summed E-state index contributed by atoms with van der Waals surface area (Å²) in [4.78, 5) is 32.1. The first-order valence-electron chi connectivity index (χ1n) is 9.93. The van der Waals surface area contributed by atoms with Gasteiger partial charge < -0.3 is 9.64 Å². The Hall–Kier alpha value is -2.13. The van der Waals surface area contributed by atoms with E-state index in [9.17, 15) is 22.4 Å². The first-order chi connectivity index (χ1) is 15.0. The molecule has 32 heavy (non-hydrogen) atoms. The Balaban J connectivity index is 1.62. The van der Waals surface area contributed by atoms with Crippen molar-refractivity contribution >= 4 is 45.5 Å². The molecule has 0 saturated carbocycles. The average Bonchev–Trinajstić information content (AvgIpc) is 3.07. The Morgan fingerprint density at radius 3 is 2.53 bits per heavy atom. The van der Waals surface area contributed by atoms with Crippen molar-refractivity contribution in [2.45, 2.75) is 26.0 Å². The predicted molar refractivity (Wildman–Crippen MR) is 118 cm³/mol. The number of nitrogens with two attached hydrogens (primary N) is 1. The zero-order valence-corrected chi connectivity index (χ0v) is 19.4. The minimum atomic E-state index is -3.77. The zero-order valence-electron chi connectivity index (χ0n) is 17.7. The maximum Gasteiger partial charge on any atom is 0.414 e. The van der Waals surface area contributed by atoms with Gasteiger partial charge in [0.25, 0.3) is 10.2 Å². The molecule has 1 atom stereocenters. The number of carbonyl (C=O) groups excluding carboxylic acids is 2. The van der Waals surface area contributed by atoms with E-state index in [0.29, 0.717) is 11.4 Å². The Morgan fingerprint density at radius 2 is 2.00 bits per heavy atom. The maximum atomic E-state index is 14.8. The molecule has 2 aliphatic rings. The number of cyclic esters (lactones) is 1. The first-order valence-corrected chi connectivity index (χ1v) is 11.9. The van der Waals surface area contributed by atoms with E-state index in [0.717, 1.165) is 9.37 Å². The normalized spacial score (nSPS) is 20.1. The quantitative estimate of drug-likeness (QED) is 0.433. The van der Waals surface area contributed by atoms with Gasteiger partial charge in [-0.2, -0.15) is 12.7 Å². The van der Waals surface area contributed by atoms with Gasteiger partial charge in [-0.1, -0.05) is 12.6 Å². The number of hydrogen-bond donors (Lipinski definition) is 2. The van der Waals surface area contributed by atoms with E-state index < -0.39 is 33.5 Å². The smallest absolute Gasteiger partial charge is 0.414 e. The fraction of sp³-hybridized carbons (Fsp3) is 0.556. The Morgan fingerprint density at radius 1 is 1.34 bits per heavy atom. The standard InChI is InChI=1S/C18H26FN5O6S2/c1-12(2)24(18(26)31)29-11-14-10-23(17(25)30-14)13-3-4-16(15(19)9-13)21-5-7-22(8-6-21)32(20,27)28/h3-4,9,12,14H,5-8,10-11H2,1-2H3,(H,26,31)(H2,20,27,28)/t14-/m0/s1. The molecule has 178 valence electrons. The van der Waals surface area contributed by atoms with Crippen LogP contribution in [0.15, 0.2) is 18.2 Å². The van der Waals surface area contributed by atoms with Crippen LogP contribution >= 0.6 is 12.6 Å². The number of nitrogens with zero attached hydrogens (tertiary/aromatic N) is 4. The molecule has 0 unspecified atom stereocenters. The van der Waals surface area contributed by atoms with E-state index in [1.807, 2.05) is 0 Å². The zero-order chi connectivity index (χ0) is 23.6. The minimum Gasteiger partial charge on any atom is -0.441 e. The Kier molecular flexibility index (Phi) is 7.50. The van der Waals surface area contributed by atoms with Crippen LogP contribution in [0.2, 0.25) is 0 Å². The molecule has 2 amide bonds. The number of benzene rings is 1. The fourth-order valence-electron chi connectivity index (χ4n) is 3.51. The highest BCUT2D eigenvalue weighted by atomic mass is 32.2. The molecule has 0 bridgehead atoms. The van der Waals surface area contributed by atoms with Crippen LogP contribution in [0, 0.1) is 5.82 Å². The number of ether oxygens (including phenoxy) is 1. The van der Waals surface area contributed by atoms with Crippen molar-refractivity contribution in [1.29, 1.82) is 0 Å². The lowest BCUT2D eigenvalue weighted by molar-refractivity contribution is -0.146. The number of hydrogen-bond acceptors (Lipinski definition) is 7. The van der Waals surface area contributed by atoms with Gasteiger partial charge in [0, 0.05) is 26.2 Å². The molecule has 0 aromatic heterocycles. The number of piperazine rings is 1. The number of rotatable bonds is 7. The van der Waals surface area contributed by atoms with E-state index in [1.54, 1.807) is 24.8 Å². The molecular weight excluding hydrogens is 465 g/mol. The topological polar surface area (TPSA) is 126 Å². The lowest BCUT2D eigenvalue weighted by atomic mass is 10.2. The van der Waals surface area contributed by atoms with Gasteiger partial charge in [0.05, 0.1) is 24.0 Å². The second-order valence-corrected chi connectivity index (χ2v) is 9.61. The van der Waals surface area contributed by atoms with Crippen LogP contribution in [0.3, 0.4) is 0 Å². The summed E-state index contributed by atoms with van der Waals surface area (Å²) in [5, 5.41) is 5.64. The molecule has 0 spiro atoms. The highest BCUT2D eigenvalue weighted by Gasteiger charge is 2.34. The van der Waals surface area contributed by atoms with Crippen molar-refractivity contribution in [3.05, 3.63) is 24.0 Å². The molecule has 2 N–H and O–H groups in total. The second-order valence-electron chi connectivity index (χ2n) is 7.68. The number of halogens is 1. The highest BCUT2D eigenvalue weighted by molar-refractivity contribution is 7.96. The van der Waals surface area contributed by atoms with Gasteiger partial charge in [0.1, 0.15) is 18.5 Å². The van der Waals surface area contributed by atoms with Crippen LogP contribution < -0.4 is 14.9 Å². The van der Waals surface area contributed by atoms with Crippen molar-refractivity contribution in [3.8, 4) is 0 Å². The Bertz CT molecular complexity index is 971. The molecule has 2 aliphatic heterocycles. The predicted octanol–water partition coefficient (Wildman–Crippen LogP) is 1.17. The average molecular weight is 492 g/mol. The molecule has 14 heteroatoms. The fourth-order valence-corrected chi connectivity index (χ4v) is 4.47. The first kappa shape index (κ1) is 24.5. The minimum absolute atomic E-state index is 0.0540. The maximum absolute atomic E-state index is 14.8. The third-order valence-corrected chi connectivity index (χ3v) is 6.40. The second kappa shape index (κ2) is 9.79. The molecular formula is C18H26FN5O6S2. The molecule has 0 aliphatic carbocycles. The van der Waals surface area contributed by atoms with Crippen LogP contribution in [-0.2, 0) is 19.8 Å².